The molecule has 10 heteroatoms. The number of H-pyrrole nitrogens is 1. The minimum absolute atomic E-state index is 0. The molecule has 0 aliphatic heterocycles. The summed E-state index contributed by atoms with van der Waals surface area (Å²) < 4.78 is 12.0. The predicted octanol–water partition coefficient (Wildman–Crippen LogP) is 4.90. The molecule has 9 nitrogen and oxygen atoms in total. The van der Waals surface area contributed by atoms with Gasteiger partial charge in [0.15, 0.2) is 5.82 Å². The average molecular weight is 577 g/mol. The molecule has 205 valence electrons. The fourth-order valence-corrected chi connectivity index (χ4v) is 4.79. The van der Waals surface area contributed by atoms with Crippen molar-refractivity contribution in [2.24, 2.45) is 0 Å². The van der Waals surface area contributed by atoms with Gasteiger partial charge < -0.3 is 4.74 Å². The van der Waals surface area contributed by atoms with Crippen molar-refractivity contribution in [3.05, 3.63) is 105 Å². The van der Waals surface area contributed by atoms with Crippen molar-refractivity contribution in [2.75, 3.05) is 6.61 Å². The molecular weight excluding hydrogens is 545 g/mol. The van der Waals surface area contributed by atoms with E-state index < -0.39 is 5.76 Å². The predicted molar refractivity (Wildman–Crippen MR) is 159 cm³/mol. The number of hydrogen-bond donors (Lipinski definition) is 1. The molecule has 41 heavy (non-hydrogen) atoms. The first-order chi connectivity index (χ1) is 19.5. The summed E-state index contributed by atoms with van der Waals surface area (Å²) in [6, 6.07) is 19.3. The number of rotatable bonds is 10. The Balaban J connectivity index is 0.00000387. The number of ether oxygens (including phenoxy) is 1. The van der Waals surface area contributed by atoms with E-state index in [1.165, 1.54) is 0 Å². The van der Waals surface area contributed by atoms with Crippen LogP contribution in [-0.2, 0) is 19.4 Å². The molecule has 0 aliphatic rings. The SMILES string of the molecule is CCCc1nc(CC)c(-c2ccc(OCC)nc2)c(=O)n1Cc1ccc(-c2ccccc2-c2noc(=O)[nH]2)cc1.[K]. The molecular formula is C31H31KN5O4. The number of nitrogens with zero attached hydrogens (tertiary/aromatic N) is 4. The molecule has 1 N–H and O–H groups in total. The van der Waals surface area contributed by atoms with E-state index in [2.05, 4.69) is 22.0 Å². The van der Waals surface area contributed by atoms with Gasteiger partial charge >= 0.3 is 5.76 Å². The quantitative estimate of drug-likeness (QED) is 0.235. The molecule has 5 aromatic rings. The van der Waals surface area contributed by atoms with E-state index in [0.29, 0.717) is 43.3 Å². The van der Waals surface area contributed by atoms with E-state index in [-0.39, 0.29) is 56.9 Å². The van der Waals surface area contributed by atoms with E-state index in [4.69, 9.17) is 14.2 Å². The maximum Gasteiger partial charge on any atom is 0.439 e. The van der Waals surface area contributed by atoms with Crippen LogP contribution in [0.4, 0.5) is 0 Å². The van der Waals surface area contributed by atoms with Crippen LogP contribution in [0.15, 0.2) is 81.0 Å². The van der Waals surface area contributed by atoms with Gasteiger partial charge in [-0.15, -0.1) is 0 Å². The second-order valence-electron chi connectivity index (χ2n) is 9.35. The number of benzene rings is 2. The summed E-state index contributed by atoms with van der Waals surface area (Å²) in [6.07, 6.45) is 3.89. The molecule has 0 amide bonds. The van der Waals surface area contributed by atoms with Gasteiger partial charge in [0.1, 0.15) is 5.82 Å². The minimum atomic E-state index is -0.600. The third-order valence-electron chi connectivity index (χ3n) is 6.68. The third-order valence-corrected chi connectivity index (χ3v) is 6.68. The van der Waals surface area contributed by atoms with Crippen LogP contribution in [0.3, 0.4) is 0 Å². The first-order valence-corrected chi connectivity index (χ1v) is 13.5. The molecule has 0 bridgehead atoms. The third kappa shape index (κ3) is 6.85. The normalized spacial score (nSPS) is 10.8. The summed E-state index contributed by atoms with van der Waals surface area (Å²) in [4.78, 5) is 37.4. The topological polar surface area (TPSA) is 116 Å². The standard InChI is InChI=1S/C31H31N5O4.K/c1-4-9-26-33-25(5-2)28(22-16-17-27(32-18-22)39-6-3)30(37)36(26)19-20-12-14-21(15-13-20)23-10-7-8-11-24(23)29-34-31(38)40-35-29;/h7-8,10-18H,4-6,9,19H2,1-3H3,(H,34,35,38);. The van der Waals surface area contributed by atoms with Crippen LogP contribution >= 0.6 is 0 Å². The van der Waals surface area contributed by atoms with Crippen LogP contribution in [0.25, 0.3) is 33.6 Å². The molecule has 5 rings (SSSR count). The Kier molecular flexibility index (Phi) is 10.6. The van der Waals surface area contributed by atoms with E-state index >= 15 is 0 Å². The molecule has 0 fully saturated rings. The molecule has 3 heterocycles. The van der Waals surface area contributed by atoms with Crippen molar-refractivity contribution in [3.8, 4) is 39.5 Å². The number of hydrogen-bond acceptors (Lipinski definition) is 7. The van der Waals surface area contributed by atoms with Gasteiger partial charge in [0.25, 0.3) is 5.56 Å². The summed E-state index contributed by atoms with van der Waals surface area (Å²) in [6.45, 7) is 6.92. The van der Waals surface area contributed by atoms with Crippen molar-refractivity contribution < 1.29 is 9.26 Å². The maximum absolute atomic E-state index is 14.0. The smallest absolute Gasteiger partial charge is 0.439 e. The Hall–Kier alpha value is -3.15. The number of aryl methyl sites for hydroxylation is 2. The summed E-state index contributed by atoms with van der Waals surface area (Å²) in [5.74, 6) is 1.07. The zero-order valence-corrected chi connectivity index (χ0v) is 26.9. The number of pyridine rings is 1. The number of nitrogens with one attached hydrogen (secondary N) is 1. The minimum Gasteiger partial charge on any atom is -0.478 e. The van der Waals surface area contributed by atoms with Crippen molar-refractivity contribution in [2.45, 2.75) is 46.6 Å². The zero-order chi connectivity index (χ0) is 28.1. The van der Waals surface area contributed by atoms with Crippen LogP contribution in [0.5, 0.6) is 5.88 Å². The van der Waals surface area contributed by atoms with Gasteiger partial charge in [0.05, 0.1) is 24.4 Å². The molecule has 0 aliphatic carbocycles. The fourth-order valence-electron chi connectivity index (χ4n) is 4.79. The Morgan fingerprint density at radius 2 is 1.66 bits per heavy atom. The van der Waals surface area contributed by atoms with Crippen molar-refractivity contribution in [1.82, 2.24) is 24.7 Å². The molecule has 0 saturated heterocycles. The van der Waals surface area contributed by atoms with Crippen LogP contribution in [-0.4, -0.2) is 82.7 Å². The molecule has 1 radical (unpaired) electrons. The summed E-state index contributed by atoms with van der Waals surface area (Å²) in [5, 5.41) is 3.84. The van der Waals surface area contributed by atoms with E-state index in [1.54, 1.807) is 16.8 Å². The summed E-state index contributed by atoms with van der Waals surface area (Å²) >= 11 is 0. The van der Waals surface area contributed by atoms with Gasteiger partial charge in [-0.3, -0.25) is 18.9 Å². The Bertz CT molecular complexity index is 1720. The van der Waals surface area contributed by atoms with Crippen LogP contribution in [0.1, 0.15) is 44.3 Å². The zero-order valence-electron chi connectivity index (χ0n) is 23.8. The van der Waals surface area contributed by atoms with Crippen LogP contribution in [0, 0.1) is 0 Å². The van der Waals surface area contributed by atoms with Crippen LogP contribution < -0.4 is 16.1 Å². The van der Waals surface area contributed by atoms with Crippen molar-refractivity contribution >= 4 is 51.4 Å². The first-order valence-electron chi connectivity index (χ1n) is 13.5. The molecule has 0 atom stereocenters. The fraction of sp³-hybridized carbons (Fsp3) is 0.258. The summed E-state index contributed by atoms with van der Waals surface area (Å²) in [7, 11) is 0. The molecule has 0 spiro atoms. The largest absolute Gasteiger partial charge is 0.478 e. The maximum atomic E-state index is 14.0. The summed E-state index contributed by atoms with van der Waals surface area (Å²) in [5.41, 5.74) is 5.58. The Morgan fingerprint density at radius 3 is 2.27 bits per heavy atom. The van der Waals surface area contributed by atoms with E-state index in [9.17, 15) is 9.59 Å². The molecule has 2 aromatic carbocycles. The first kappa shape index (κ1) is 30.8. The van der Waals surface area contributed by atoms with Gasteiger partial charge in [0.2, 0.25) is 5.88 Å². The Labute approximate surface area is 280 Å². The van der Waals surface area contributed by atoms with E-state index in [1.807, 2.05) is 68.4 Å². The van der Waals surface area contributed by atoms with Crippen molar-refractivity contribution in [3.63, 3.8) is 0 Å². The monoisotopic (exact) mass is 576 g/mol. The number of aromatic amines is 1. The van der Waals surface area contributed by atoms with Gasteiger partial charge in [-0.1, -0.05) is 67.5 Å². The van der Waals surface area contributed by atoms with E-state index in [0.717, 1.165) is 45.8 Å². The average Bonchev–Trinajstić information content (AvgIpc) is 3.42. The molecule has 0 saturated carbocycles. The second-order valence-corrected chi connectivity index (χ2v) is 9.35. The van der Waals surface area contributed by atoms with Crippen LogP contribution in [0.2, 0.25) is 0 Å². The van der Waals surface area contributed by atoms with Gasteiger partial charge in [0, 0.05) is 81.2 Å². The van der Waals surface area contributed by atoms with Gasteiger partial charge in [-0.2, -0.15) is 0 Å². The molecule has 3 aromatic heterocycles. The van der Waals surface area contributed by atoms with Gasteiger partial charge in [-0.25, -0.2) is 14.8 Å². The Morgan fingerprint density at radius 1 is 0.927 bits per heavy atom. The van der Waals surface area contributed by atoms with Gasteiger partial charge in [-0.05, 0) is 42.5 Å². The van der Waals surface area contributed by atoms with Crippen molar-refractivity contribution in [1.29, 1.82) is 0 Å². The molecule has 0 unspecified atom stereocenters. The number of aromatic nitrogens is 5. The second kappa shape index (κ2) is 14.1.